The molecule has 1 aliphatic rings. The standard InChI is InChI=1S/C23H29ClN2O4S/c1-3-4-15-31(28,29)26-13-11-18(12-14-26)23(27)25-21-16-19(24)7-10-22(21)30-20-8-5-17(2)6-9-20/h5-10,16,18H,3-4,11-15H2,1-2H3,(H,25,27). The highest BCUT2D eigenvalue weighted by Gasteiger charge is 2.31. The van der Waals surface area contributed by atoms with Gasteiger partial charge in [-0.25, -0.2) is 12.7 Å². The van der Waals surface area contributed by atoms with Crippen LogP contribution >= 0.6 is 11.6 Å². The first-order chi connectivity index (χ1) is 14.8. The van der Waals surface area contributed by atoms with E-state index in [1.165, 1.54) is 4.31 Å². The number of hydrogen-bond acceptors (Lipinski definition) is 4. The molecule has 1 saturated heterocycles. The Morgan fingerprint density at radius 1 is 1.16 bits per heavy atom. The van der Waals surface area contributed by atoms with E-state index in [4.69, 9.17) is 16.3 Å². The number of benzene rings is 2. The van der Waals surface area contributed by atoms with E-state index in [1.807, 2.05) is 38.1 Å². The molecule has 0 unspecified atom stereocenters. The zero-order valence-corrected chi connectivity index (χ0v) is 19.5. The Balaban J connectivity index is 1.64. The Hall–Kier alpha value is -2.09. The number of rotatable bonds is 8. The molecule has 1 aliphatic heterocycles. The van der Waals surface area contributed by atoms with Crippen molar-refractivity contribution in [2.75, 3.05) is 24.2 Å². The highest BCUT2D eigenvalue weighted by molar-refractivity contribution is 7.89. The van der Waals surface area contributed by atoms with Crippen molar-refractivity contribution in [3.8, 4) is 11.5 Å². The Labute approximate surface area is 189 Å². The molecule has 8 heteroatoms. The molecule has 2 aromatic carbocycles. The van der Waals surface area contributed by atoms with Gasteiger partial charge in [-0.1, -0.05) is 42.6 Å². The molecule has 6 nitrogen and oxygen atoms in total. The number of ether oxygens (including phenoxy) is 1. The Morgan fingerprint density at radius 2 is 1.84 bits per heavy atom. The first kappa shape index (κ1) is 23.6. The van der Waals surface area contributed by atoms with Crippen LogP contribution in [0.25, 0.3) is 0 Å². The van der Waals surface area contributed by atoms with Crippen molar-refractivity contribution in [2.24, 2.45) is 5.92 Å². The molecule has 0 aliphatic carbocycles. The van der Waals surface area contributed by atoms with Crippen LogP contribution in [0.15, 0.2) is 42.5 Å². The van der Waals surface area contributed by atoms with Crippen LogP contribution in [0.2, 0.25) is 5.02 Å². The quantitative estimate of drug-likeness (QED) is 0.581. The summed E-state index contributed by atoms with van der Waals surface area (Å²) in [5.41, 5.74) is 1.62. The van der Waals surface area contributed by atoms with E-state index < -0.39 is 10.0 Å². The van der Waals surface area contributed by atoms with Gasteiger partial charge in [-0.15, -0.1) is 0 Å². The lowest BCUT2D eigenvalue weighted by Crippen LogP contribution is -2.42. The molecule has 0 radical (unpaired) electrons. The molecule has 1 N–H and O–H groups in total. The summed E-state index contributed by atoms with van der Waals surface area (Å²) < 4.78 is 32.2. The molecule has 168 valence electrons. The van der Waals surface area contributed by atoms with Crippen molar-refractivity contribution < 1.29 is 17.9 Å². The van der Waals surface area contributed by atoms with Gasteiger partial charge in [0.05, 0.1) is 11.4 Å². The maximum absolute atomic E-state index is 12.9. The number of carbonyl (C=O) groups excluding carboxylic acids is 1. The number of nitrogens with one attached hydrogen (secondary N) is 1. The summed E-state index contributed by atoms with van der Waals surface area (Å²) in [5, 5.41) is 3.41. The molecule has 1 heterocycles. The van der Waals surface area contributed by atoms with Gasteiger partial charge in [-0.05, 0) is 56.5 Å². The number of nitrogens with zero attached hydrogens (tertiary/aromatic N) is 1. The monoisotopic (exact) mass is 464 g/mol. The van der Waals surface area contributed by atoms with Crippen LogP contribution in [0, 0.1) is 12.8 Å². The molecule has 3 rings (SSSR count). The second-order valence-corrected chi connectivity index (χ2v) is 10.4. The summed E-state index contributed by atoms with van der Waals surface area (Å²) in [6.45, 7) is 4.70. The Kier molecular flexibility index (Phi) is 7.97. The summed E-state index contributed by atoms with van der Waals surface area (Å²) in [7, 11) is -3.24. The highest BCUT2D eigenvalue weighted by Crippen LogP contribution is 2.33. The summed E-state index contributed by atoms with van der Waals surface area (Å²) in [6.07, 6.45) is 2.48. The fraction of sp³-hybridized carbons (Fsp3) is 0.435. The van der Waals surface area contributed by atoms with Gasteiger partial charge in [-0.3, -0.25) is 4.79 Å². The average molecular weight is 465 g/mol. The van der Waals surface area contributed by atoms with Gasteiger partial charge in [0.25, 0.3) is 0 Å². The molecule has 1 amide bonds. The minimum Gasteiger partial charge on any atom is -0.455 e. The number of piperidine rings is 1. The van der Waals surface area contributed by atoms with Gasteiger partial charge in [0, 0.05) is 24.0 Å². The molecule has 0 aromatic heterocycles. The van der Waals surface area contributed by atoms with Crippen LogP contribution in [-0.4, -0.2) is 37.5 Å². The van der Waals surface area contributed by atoms with Crippen LogP contribution in [0.4, 0.5) is 5.69 Å². The van der Waals surface area contributed by atoms with Crippen molar-refractivity contribution in [2.45, 2.75) is 39.5 Å². The number of aryl methyl sites for hydroxylation is 1. The zero-order valence-electron chi connectivity index (χ0n) is 17.9. The molecule has 2 aromatic rings. The Morgan fingerprint density at radius 3 is 2.48 bits per heavy atom. The number of halogens is 1. The van der Waals surface area contributed by atoms with Crippen molar-refractivity contribution in [3.63, 3.8) is 0 Å². The van der Waals surface area contributed by atoms with Crippen molar-refractivity contribution in [1.82, 2.24) is 4.31 Å². The van der Waals surface area contributed by atoms with Crippen LogP contribution < -0.4 is 10.1 Å². The van der Waals surface area contributed by atoms with Crippen molar-refractivity contribution in [1.29, 1.82) is 0 Å². The highest BCUT2D eigenvalue weighted by atomic mass is 35.5. The molecule has 1 fully saturated rings. The van der Waals surface area contributed by atoms with Gasteiger partial charge in [0.2, 0.25) is 15.9 Å². The normalized spacial score (nSPS) is 15.6. The van der Waals surface area contributed by atoms with Crippen LogP contribution in [0.3, 0.4) is 0 Å². The summed E-state index contributed by atoms with van der Waals surface area (Å²) in [5.74, 6) is 0.920. The van der Waals surface area contributed by atoms with Crippen LogP contribution in [-0.2, 0) is 14.8 Å². The third-order valence-corrected chi connectivity index (χ3v) is 7.61. The molecule has 31 heavy (non-hydrogen) atoms. The minimum absolute atomic E-state index is 0.151. The first-order valence-corrected chi connectivity index (χ1v) is 12.6. The molecule has 0 atom stereocenters. The maximum atomic E-state index is 12.9. The van der Waals surface area contributed by atoms with E-state index in [0.29, 0.717) is 54.6 Å². The third-order valence-electron chi connectivity index (χ3n) is 5.42. The average Bonchev–Trinajstić information content (AvgIpc) is 2.76. The second kappa shape index (κ2) is 10.5. The predicted molar refractivity (Wildman–Crippen MR) is 124 cm³/mol. The van der Waals surface area contributed by atoms with Crippen LogP contribution in [0.5, 0.6) is 11.5 Å². The fourth-order valence-electron chi connectivity index (χ4n) is 3.51. The maximum Gasteiger partial charge on any atom is 0.227 e. The lowest BCUT2D eigenvalue weighted by molar-refractivity contribution is -0.120. The lowest BCUT2D eigenvalue weighted by atomic mass is 9.97. The number of anilines is 1. The molecular formula is C23H29ClN2O4S. The molecule has 0 bridgehead atoms. The minimum atomic E-state index is -3.24. The van der Waals surface area contributed by atoms with E-state index in [-0.39, 0.29) is 17.6 Å². The van der Waals surface area contributed by atoms with Gasteiger partial charge in [0.1, 0.15) is 5.75 Å². The summed E-state index contributed by atoms with van der Waals surface area (Å²) in [4.78, 5) is 12.9. The van der Waals surface area contributed by atoms with Crippen LogP contribution in [0.1, 0.15) is 38.2 Å². The van der Waals surface area contributed by atoms with E-state index in [2.05, 4.69) is 5.32 Å². The van der Waals surface area contributed by atoms with Gasteiger partial charge in [0.15, 0.2) is 5.75 Å². The van der Waals surface area contributed by atoms with E-state index in [9.17, 15) is 13.2 Å². The third kappa shape index (κ3) is 6.45. The van der Waals surface area contributed by atoms with Gasteiger partial charge >= 0.3 is 0 Å². The lowest BCUT2D eigenvalue weighted by Gasteiger charge is -2.30. The SMILES string of the molecule is CCCCS(=O)(=O)N1CCC(C(=O)Nc2cc(Cl)ccc2Oc2ccc(C)cc2)CC1. The number of hydrogen-bond donors (Lipinski definition) is 1. The second-order valence-electron chi connectivity index (χ2n) is 7.89. The summed E-state index contributed by atoms with van der Waals surface area (Å²) >= 11 is 6.14. The van der Waals surface area contributed by atoms with E-state index >= 15 is 0 Å². The smallest absolute Gasteiger partial charge is 0.227 e. The first-order valence-electron chi connectivity index (χ1n) is 10.6. The topological polar surface area (TPSA) is 75.7 Å². The van der Waals surface area contributed by atoms with Gasteiger partial charge in [-0.2, -0.15) is 0 Å². The van der Waals surface area contributed by atoms with Crippen molar-refractivity contribution in [3.05, 3.63) is 53.1 Å². The van der Waals surface area contributed by atoms with E-state index in [0.717, 1.165) is 12.0 Å². The molecular weight excluding hydrogens is 436 g/mol. The number of amides is 1. The predicted octanol–water partition coefficient (Wildman–Crippen LogP) is 5.22. The largest absolute Gasteiger partial charge is 0.455 e. The number of sulfonamides is 1. The van der Waals surface area contributed by atoms with Crippen molar-refractivity contribution >= 4 is 33.2 Å². The molecule has 0 saturated carbocycles. The number of unbranched alkanes of at least 4 members (excludes halogenated alkanes) is 1. The van der Waals surface area contributed by atoms with E-state index in [1.54, 1.807) is 18.2 Å². The summed E-state index contributed by atoms with van der Waals surface area (Å²) in [6, 6.07) is 12.7. The van der Waals surface area contributed by atoms with Gasteiger partial charge < -0.3 is 10.1 Å². The fourth-order valence-corrected chi connectivity index (χ4v) is 5.36. The zero-order chi connectivity index (χ0) is 22.4. The number of carbonyl (C=O) groups is 1. The Bertz CT molecular complexity index is 1000. The molecule has 0 spiro atoms.